The van der Waals surface area contributed by atoms with E-state index in [0.29, 0.717) is 23.9 Å². The van der Waals surface area contributed by atoms with Crippen LogP contribution in [-0.4, -0.2) is 6.73 Å². The molecule has 2 aliphatic rings. The van der Waals surface area contributed by atoms with Crippen LogP contribution >= 0.6 is 11.6 Å². The van der Waals surface area contributed by atoms with Gasteiger partial charge in [-0.15, -0.1) is 0 Å². The van der Waals surface area contributed by atoms with Crippen molar-refractivity contribution in [2.24, 2.45) is 0 Å². The average molecular weight is 368 g/mol. The molecule has 0 fully saturated rings. The molecule has 3 aromatic rings. The minimum Gasteiger partial charge on any atom is -0.473 e. The lowest BCUT2D eigenvalue weighted by molar-refractivity contribution is 0.289. The summed E-state index contributed by atoms with van der Waals surface area (Å²) in [5, 5.41) is 1.76. The monoisotopic (exact) mass is 367 g/mol. The number of nitrogens with zero attached hydrogens (tertiary/aromatic N) is 1. The fourth-order valence-electron chi connectivity index (χ4n) is 4.03. The Bertz CT molecular complexity index is 1060. The first-order valence-electron chi connectivity index (χ1n) is 8.94. The lowest BCUT2D eigenvalue weighted by atomic mass is 9.90. The molecule has 0 N–H and O–H groups in total. The highest BCUT2D eigenvalue weighted by atomic mass is 35.5. The maximum atomic E-state index is 12.5. The smallest absolute Gasteiger partial charge is 0.339 e. The number of hydrogen-bond acceptors (Lipinski definition) is 4. The van der Waals surface area contributed by atoms with Crippen LogP contribution in [0.2, 0.25) is 5.02 Å². The summed E-state index contributed by atoms with van der Waals surface area (Å²) in [6, 6.07) is 11.7. The normalized spacial score (nSPS) is 16.1. The molecule has 4 nitrogen and oxygen atoms in total. The van der Waals surface area contributed by atoms with Crippen LogP contribution in [0, 0.1) is 0 Å². The van der Waals surface area contributed by atoms with Crippen molar-refractivity contribution < 1.29 is 9.15 Å². The topological polar surface area (TPSA) is 42.7 Å². The summed E-state index contributed by atoms with van der Waals surface area (Å²) in [4.78, 5) is 14.6. The standard InChI is InChI=1S/C21H18ClNO3/c22-13-5-7-14(8-6-13)23-11-18-19(25-12-23)10-9-16-15-3-1-2-4-17(15)21(24)26-20(16)18/h5-10H,1-4,11-12H2. The zero-order valence-electron chi connectivity index (χ0n) is 14.3. The number of aryl methyl sites for hydroxylation is 1. The van der Waals surface area contributed by atoms with Gasteiger partial charge < -0.3 is 14.1 Å². The van der Waals surface area contributed by atoms with Crippen LogP contribution in [0.4, 0.5) is 5.69 Å². The van der Waals surface area contributed by atoms with E-state index in [1.54, 1.807) is 0 Å². The van der Waals surface area contributed by atoms with Gasteiger partial charge in [0.05, 0.1) is 12.1 Å². The first-order chi connectivity index (χ1) is 12.7. The maximum Gasteiger partial charge on any atom is 0.339 e. The molecule has 26 heavy (non-hydrogen) atoms. The minimum atomic E-state index is -0.191. The second-order valence-corrected chi connectivity index (χ2v) is 7.36. The molecule has 0 saturated heterocycles. The molecule has 0 radical (unpaired) electrons. The molecule has 0 bridgehead atoms. The molecule has 0 amide bonds. The Morgan fingerprint density at radius 3 is 2.50 bits per heavy atom. The molecular weight excluding hydrogens is 350 g/mol. The van der Waals surface area contributed by atoms with E-state index < -0.39 is 0 Å². The quantitative estimate of drug-likeness (QED) is 0.585. The lowest BCUT2D eigenvalue weighted by Gasteiger charge is -2.31. The van der Waals surface area contributed by atoms with Gasteiger partial charge in [-0.05, 0) is 67.6 Å². The minimum absolute atomic E-state index is 0.191. The summed E-state index contributed by atoms with van der Waals surface area (Å²) in [6.45, 7) is 1.09. The summed E-state index contributed by atoms with van der Waals surface area (Å²) in [7, 11) is 0. The van der Waals surface area contributed by atoms with E-state index in [0.717, 1.165) is 59.2 Å². The van der Waals surface area contributed by atoms with Gasteiger partial charge in [-0.25, -0.2) is 4.79 Å². The third-order valence-corrected chi connectivity index (χ3v) is 5.62. The average Bonchev–Trinajstić information content (AvgIpc) is 2.68. The molecule has 5 heteroatoms. The van der Waals surface area contributed by atoms with Crippen molar-refractivity contribution in [2.75, 3.05) is 11.6 Å². The van der Waals surface area contributed by atoms with E-state index in [2.05, 4.69) is 4.90 Å². The number of ether oxygens (including phenoxy) is 1. The number of hydrogen-bond donors (Lipinski definition) is 0. The summed E-state index contributed by atoms with van der Waals surface area (Å²) < 4.78 is 11.7. The van der Waals surface area contributed by atoms with Crippen molar-refractivity contribution in [2.45, 2.75) is 32.2 Å². The van der Waals surface area contributed by atoms with Crippen LogP contribution in [-0.2, 0) is 19.4 Å². The van der Waals surface area contributed by atoms with Crippen molar-refractivity contribution in [3.05, 3.63) is 68.5 Å². The summed E-state index contributed by atoms with van der Waals surface area (Å²) >= 11 is 6.00. The molecule has 2 heterocycles. The second kappa shape index (κ2) is 6.06. The van der Waals surface area contributed by atoms with Gasteiger partial charge in [-0.1, -0.05) is 11.6 Å². The number of halogens is 1. The molecule has 0 atom stereocenters. The van der Waals surface area contributed by atoms with Gasteiger partial charge >= 0.3 is 5.63 Å². The van der Waals surface area contributed by atoms with Crippen LogP contribution in [0.15, 0.2) is 45.6 Å². The Hall–Kier alpha value is -2.46. The molecule has 132 valence electrons. The Morgan fingerprint density at radius 1 is 0.923 bits per heavy atom. The fraction of sp³-hybridized carbons (Fsp3) is 0.286. The molecular formula is C21H18ClNO3. The summed E-state index contributed by atoms with van der Waals surface area (Å²) in [5.74, 6) is 0.793. The predicted octanol–water partition coefficient (Wildman–Crippen LogP) is 4.68. The van der Waals surface area contributed by atoms with Gasteiger partial charge in [0.2, 0.25) is 0 Å². The van der Waals surface area contributed by atoms with Crippen molar-refractivity contribution >= 4 is 28.3 Å². The van der Waals surface area contributed by atoms with Crippen molar-refractivity contribution in [1.82, 2.24) is 0 Å². The van der Waals surface area contributed by atoms with Gasteiger partial charge in [0, 0.05) is 21.7 Å². The van der Waals surface area contributed by atoms with E-state index in [1.807, 2.05) is 36.4 Å². The Kier molecular flexibility index (Phi) is 3.68. The number of rotatable bonds is 1. The molecule has 0 saturated carbocycles. The highest BCUT2D eigenvalue weighted by Gasteiger charge is 2.25. The number of fused-ring (bicyclic) bond motifs is 5. The highest BCUT2D eigenvalue weighted by Crippen LogP contribution is 2.36. The summed E-state index contributed by atoms with van der Waals surface area (Å²) in [5.41, 5.74) is 4.46. The second-order valence-electron chi connectivity index (χ2n) is 6.92. The van der Waals surface area contributed by atoms with Crippen LogP contribution in [0.3, 0.4) is 0 Å². The van der Waals surface area contributed by atoms with Crippen LogP contribution in [0.5, 0.6) is 5.75 Å². The highest BCUT2D eigenvalue weighted by molar-refractivity contribution is 6.30. The SMILES string of the molecule is O=c1oc2c3c(ccc2c2c1CCCC2)OCN(c1ccc(Cl)cc1)C3. The van der Waals surface area contributed by atoms with Crippen molar-refractivity contribution in [3.63, 3.8) is 0 Å². The van der Waals surface area contributed by atoms with Gasteiger partial charge in [-0.3, -0.25) is 0 Å². The van der Waals surface area contributed by atoms with E-state index in [9.17, 15) is 4.79 Å². The van der Waals surface area contributed by atoms with E-state index >= 15 is 0 Å². The van der Waals surface area contributed by atoms with E-state index in [1.165, 1.54) is 0 Å². The number of benzene rings is 2. The van der Waals surface area contributed by atoms with Crippen molar-refractivity contribution in [1.29, 1.82) is 0 Å². The third kappa shape index (κ3) is 2.48. The molecule has 1 aliphatic heterocycles. The molecule has 5 rings (SSSR count). The Morgan fingerprint density at radius 2 is 1.69 bits per heavy atom. The van der Waals surface area contributed by atoms with E-state index in [-0.39, 0.29) is 5.63 Å². The Balaban J connectivity index is 1.64. The maximum absolute atomic E-state index is 12.5. The van der Waals surface area contributed by atoms with Gasteiger partial charge in [0.15, 0.2) is 6.73 Å². The van der Waals surface area contributed by atoms with Crippen LogP contribution in [0.1, 0.15) is 29.5 Å². The summed E-state index contributed by atoms with van der Waals surface area (Å²) in [6.07, 6.45) is 3.94. The fourth-order valence-corrected chi connectivity index (χ4v) is 4.16. The van der Waals surface area contributed by atoms with E-state index in [4.69, 9.17) is 20.8 Å². The van der Waals surface area contributed by atoms with Gasteiger partial charge in [0.1, 0.15) is 11.3 Å². The third-order valence-electron chi connectivity index (χ3n) is 5.37. The van der Waals surface area contributed by atoms with Crippen LogP contribution in [0.25, 0.3) is 11.0 Å². The number of anilines is 1. The van der Waals surface area contributed by atoms with Crippen molar-refractivity contribution in [3.8, 4) is 5.75 Å². The first kappa shape index (κ1) is 15.8. The predicted molar refractivity (Wildman–Crippen MR) is 102 cm³/mol. The Labute approximate surface area is 155 Å². The van der Waals surface area contributed by atoms with Gasteiger partial charge in [-0.2, -0.15) is 0 Å². The molecule has 1 aliphatic carbocycles. The molecule has 2 aromatic carbocycles. The molecule has 0 spiro atoms. The lowest BCUT2D eigenvalue weighted by Crippen LogP contribution is -2.32. The van der Waals surface area contributed by atoms with Crippen LogP contribution < -0.4 is 15.3 Å². The molecule has 0 unspecified atom stereocenters. The first-order valence-corrected chi connectivity index (χ1v) is 9.32. The largest absolute Gasteiger partial charge is 0.473 e. The zero-order valence-corrected chi connectivity index (χ0v) is 15.0. The molecule has 1 aromatic heterocycles. The van der Waals surface area contributed by atoms with Gasteiger partial charge in [0.25, 0.3) is 0 Å². The zero-order chi connectivity index (χ0) is 17.7.